The second-order valence-electron chi connectivity index (χ2n) is 2.72. The molecule has 0 saturated carbocycles. The van der Waals surface area contributed by atoms with Gasteiger partial charge >= 0.3 is 0 Å². The molecule has 0 heterocycles. The van der Waals surface area contributed by atoms with Crippen molar-refractivity contribution in [3.05, 3.63) is 10.4 Å². The number of hydrogen-bond acceptors (Lipinski definition) is 3. The minimum atomic E-state index is -0.699. The summed E-state index contributed by atoms with van der Waals surface area (Å²) in [7, 11) is 0. The third kappa shape index (κ3) is 6.96. The second kappa shape index (κ2) is 7.27. The van der Waals surface area contributed by atoms with Gasteiger partial charge < -0.3 is 17.2 Å². The SMILES string of the molecule is [N-]=[N+]=NN[C@@H](CCCN=C(N)N)C(N)=O. The van der Waals surface area contributed by atoms with Gasteiger partial charge in [0.25, 0.3) is 5.91 Å². The summed E-state index contributed by atoms with van der Waals surface area (Å²) in [5.41, 5.74) is 25.6. The van der Waals surface area contributed by atoms with Crippen molar-refractivity contribution in [2.45, 2.75) is 18.9 Å². The number of aliphatic imine (C=N–C) groups is 1. The van der Waals surface area contributed by atoms with E-state index in [2.05, 4.69) is 20.6 Å². The van der Waals surface area contributed by atoms with E-state index in [9.17, 15) is 4.79 Å². The number of primary amides is 1. The lowest BCUT2D eigenvalue weighted by Crippen LogP contribution is -2.38. The number of carbonyl (C=O) groups is 1. The Morgan fingerprint density at radius 3 is 2.60 bits per heavy atom. The first kappa shape index (κ1) is 12.8. The lowest BCUT2D eigenvalue weighted by molar-refractivity contribution is -0.120. The van der Waals surface area contributed by atoms with Crippen molar-refractivity contribution >= 4 is 11.9 Å². The number of carbonyl (C=O) groups excluding carboxylic acids is 1. The highest BCUT2D eigenvalue weighted by Crippen LogP contribution is 1.97. The van der Waals surface area contributed by atoms with Gasteiger partial charge in [-0.15, -0.1) is 5.53 Å². The zero-order valence-corrected chi connectivity index (χ0v) is 8.13. The Balaban J connectivity index is 3.91. The molecule has 1 atom stereocenters. The van der Waals surface area contributed by atoms with Crippen LogP contribution in [0.2, 0.25) is 0 Å². The van der Waals surface area contributed by atoms with Gasteiger partial charge in [0.2, 0.25) is 0 Å². The minimum absolute atomic E-state index is 0.00590. The fraction of sp³-hybridized carbons (Fsp3) is 0.667. The van der Waals surface area contributed by atoms with E-state index in [0.717, 1.165) is 0 Å². The standard InChI is InChI=1S/C6H14N8O/c7-5(15)4(12-14-13-10)2-1-3-11-6(8)9/h4,12H,1-3H2,(H2,7,15)(H4,8,9,11)/t4-/m0/s1. The molecule has 0 spiro atoms. The van der Waals surface area contributed by atoms with Gasteiger partial charge in [-0.05, 0) is 18.1 Å². The van der Waals surface area contributed by atoms with Crippen LogP contribution in [0.1, 0.15) is 12.8 Å². The highest BCUT2D eigenvalue weighted by Gasteiger charge is 2.15. The maximum absolute atomic E-state index is 10.8. The molecule has 1 amide bonds. The van der Waals surface area contributed by atoms with E-state index >= 15 is 0 Å². The molecule has 0 saturated heterocycles. The molecule has 84 valence electrons. The van der Waals surface area contributed by atoms with E-state index in [0.29, 0.717) is 19.4 Å². The van der Waals surface area contributed by atoms with Crippen LogP contribution < -0.4 is 22.6 Å². The topological polar surface area (TPSA) is 168 Å². The molecular formula is C6H14N8O. The molecule has 0 rings (SSSR count). The summed E-state index contributed by atoms with van der Waals surface area (Å²) in [5.74, 6) is -0.597. The molecule has 0 aromatic heterocycles. The molecule has 7 N–H and O–H groups in total. The number of rotatable bonds is 7. The Bertz CT molecular complexity index is 277. The van der Waals surface area contributed by atoms with Gasteiger partial charge in [0, 0.05) is 6.54 Å². The summed E-state index contributed by atoms with van der Waals surface area (Å²) in [6.07, 6.45) is 0.949. The first-order valence-corrected chi connectivity index (χ1v) is 4.22. The maximum atomic E-state index is 10.8. The van der Waals surface area contributed by atoms with Crippen molar-refractivity contribution in [1.29, 1.82) is 0 Å². The van der Waals surface area contributed by atoms with Crippen LogP contribution in [0, 0.1) is 0 Å². The van der Waals surface area contributed by atoms with E-state index in [1.165, 1.54) is 0 Å². The van der Waals surface area contributed by atoms with Crippen LogP contribution in [0.25, 0.3) is 10.4 Å². The van der Waals surface area contributed by atoms with Gasteiger partial charge in [-0.2, -0.15) is 4.91 Å². The average Bonchev–Trinajstić information content (AvgIpc) is 2.15. The Morgan fingerprint density at radius 1 is 1.47 bits per heavy atom. The first-order chi connectivity index (χ1) is 7.07. The van der Waals surface area contributed by atoms with Crippen molar-refractivity contribution in [2.24, 2.45) is 27.4 Å². The van der Waals surface area contributed by atoms with Gasteiger partial charge in [-0.25, -0.2) is 5.43 Å². The summed E-state index contributed by atoms with van der Waals surface area (Å²) in [5, 5.41) is 3.05. The summed E-state index contributed by atoms with van der Waals surface area (Å²) in [6.45, 7) is 0.393. The molecule has 0 aromatic carbocycles. The van der Waals surface area contributed by atoms with Crippen LogP contribution in [0.5, 0.6) is 0 Å². The van der Waals surface area contributed by atoms with Crippen molar-refractivity contribution in [3.63, 3.8) is 0 Å². The van der Waals surface area contributed by atoms with E-state index in [1.54, 1.807) is 0 Å². The average molecular weight is 214 g/mol. The summed E-state index contributed by atoms with van der Waals surface area (Å²) < 4.78 is 0. The van der Waals surface area contributed by atoms with Crippen LogP contribution in [-0.4, -0.2) is 24.5 Å². The van der Waals surface area contributed by atoms with E-state index in [-0.39, 0.29) is 5.96 Å². The van der Waals surface area contributed by atoms with Crippen LogP contribution in [0.3, 0.4) is 0 Å². The third-order valence-corrected chi connectivity index (χ3v) is 1.55. The largest absolute Gasteiger partial charge is 0.370 e. The van der Waals surface area contributed by atoms with Crippen LogP contribution in [0.15, 0.2) is 10.2 Å². The fourth-order valence-corrected chi connectivity index (χ4v) is 0.870. The molecule has 15 heavy (non-hydrogen) atoms. The number of azide groups is 1. The van der Waals surface area contributed by atoms with Crippen molar-refractivity contribution in [3.8, 4) is 0 Å². The summed E-state index contributed by atoms with van der Waals surface area (Å²) in [4.78, 5) is 17.0. The predicted octanol–water partition coefficient (Wildman–Crippen LogP) is -1.29. The molecule has 0 aliphatic carbocycles. The highest BCUT2D eigenvalue weighted by atomic mass is 16.1. The number of guanidine groups is 1. The van der Waals surface area contributed by atoms with E-state index in [1.807, 2.05) is 0 Å². The molecular weight excluding hydrogens is 200 g/mol. The monoisotopic (exact) mass is 214 g/mol. The minimum Gasteiger partial charge on any atom is -0.370 e. The van der Waals surface area contributed by atoms with Crippen LogP contribution in [0.4, 0.5) is 0 Å². The molecule has 0 unspecified atom stereocenters. The lowest BCUT2D eigenvalue weighted by atomic mass is 10.1. The molecule has 0 aliphatic rings. The number of nitrogens with two attached hydrogens (primary N) is 3. The summed E-state index contributed by atoms with van der Waals surface area (Å²) >= 11 is 0. The van der Waals surface area contributed by atoms with Crippen LogP contribution in [-0.2, 0) is 4.79 Å². The highest BCUT2D eigenvalue weighted by molar-refractivity contribution is 5.79. The summed E-state index contributed by atoms with van der Waals surface area (Å²) in [6, 6.07) is -0.699. The molecule has 0 aliphatic heterocycles. The Morgan fingerprint density at radius 2 is 2.13 bits per heavy atom. The molecule has 0 bridgehead atoms. The molecule has 9 nitrogen and oxygen atoms in total. The maximum Gasteiger partial charge on any atom is 0.262 e. The molecule has 0 fully saturated rings. The zero-order chi connectivity index (χ0) is 11.7. The van der Waals surface area contributed by atoms with Crippen molar-refractivity contribution in [2.75, 3.05) is 6.54 Å². The quantitative estimate of drug-likeness (QED) is 0.0786. The second-order valence-corrected chi connectivity index (χ2v) is 2.72. The third-order valence-electron chi connectivity index (χ3n) is 1.55. The van der Waals surface area contributed by atoms with Gasteiger partial charge in [0.05, 0.1) is 0 Å². The normalized spacial score (nSPS) is 10.9. The van der Waals surface area contributed by atoms with E-state index < -0.39 is 11.9 Å². The molecule has 0 aromatic rings. The predicted molar refractivity (Wildman–Crippen MR) is 55.2 cm³/mol. The molecule has 0 radical (unpaired) electrons. The van der Waals surface area contributed by atoms with Crippen LogP contribution >= 0.6 is 0 Å². The van der Waals surface area contributed by atoms with E-state index in [4.69, 9.17) is 22.7 Å². The van der Waals surface area contributed by atoms with Crippen molar-refractivity contribution in [1.82, 2.24) is 5.43 Å². The number of hydrogen-bond donors (Lipinski definition) is 4. The lowest BCUT2D eigenvalue weighted by Gasteiger charge is -2.07. The zero-order valence-electron chi connectivity index (χ0n) is 8.13. The van der Waals surface area contributed by atoms with Gasteiger partial charge in [-0.1, -0.05) is 0 Å². The van der Waals surface area contributed by atoms with Gasteiger partial charge in [0.15, 0.2) is 12.0 Å². The first-order valence-electron chi connectivity index (χ1n) is 4.22. The number of nitrogens with one attached hydrogen (secondary N) is 1. The Hall–Kier alpha value is -2.15. The number of nitrogens with zero attached hydrogens (tertiary/aromatic N) is 4. The van der Waals surface area contributed by atoms with Gasteiger partial charge in [0.1, 0.15) is 0 Å². The Labute approximate surface area is 86.3 Å². The fourth-order valence-electron chi connectivity index (χ4n) is 0.870. The van der Waals surface area contributed by atoms with Crippen molar-refractivity contribution < 1.29 is 4.79 Å². The Kier molecular flexibility index (Phi) is 6.23. The smallest absolute Gasteiger partial charge is 0.262 e. The van der Waals surface area contributed by atoms with Gasteiger partial charge in [-0.3, -0.25) is 9.79 Å². The number of amides is 1. The molecule has 9 heteroatoms.